The van der Waals surface area contributed by atoms with Gasteiger partial charge in [-0.1, -0.05) is 42.5 Å². The van der Waals surface area contributed by atoms with Gasteiger partial charge in [0.05, 0.1) is 5.69 Å². The van der Waals surface area contributed by atoms with Crippen molar-refractivity contribution >= 4 is 22.4 Å². The molecule has 5 nitrogen and oxygen atoms in total. The Morgan fingerprint density at radius 1 is 1.18 bits per heavy atom. The molecular weight excluding hydrogens is 370 g/mol. The summed E-state index contributed by atoms with van der Waals surface area (Å²) in [5.74, 6) is 0.527. The van der Waals surface area contributed by atoms with Crippen LogP contribution in [0.5, 0.6) is 5.75 Å². The van der Waals surface area contributed by atoms with Crippen molar-refractivity contribution in [3.8, 4) is 5.75 Å². The summed E-state index contributed by atoms with van der Waals surface area (Å²) in [6.45, 7) is 4.70. The van der Waals surface area contributed by atoms with Crippen molar-refractivity contribution in [2.75, 3.05) is 18.5 Å². The summed E-state index contributed by atoms with van der Waals surface area (Å²) in [7, 11) is 0. The van der Waals surface area contributed by atoms with Gasteiger partial charge in [-0.2, -0.15) is 0 Å². The SMILES string of the molecule is Cc1ccccc1OCC(=O)Nc1nc(CN2CCc3ccccc3C2)cs1. The molecule has 144 valence electrons. The molecule has 28 heavy (non-hydrogen) atoms. The number of rotatable bonds is 6. The molecule has 2 aromatic carbocycles. The number of carbonyl (C=O) groups is 1. The minimum absolute atomic E-state index is 0.0251. The van der Waals surface area contributed by atoms with Crippen molar-refractivity contribution in [1.29, 1.82) is 0 Å². The molecule has 0 saturated carbocycles. The molecule has 0 saturated heterocycles. The quantitative estimate of drug-likeness (QED) is 0.687. The lowest BCUT2D eigenvalue weighted by atomic mass is 10.00. The maximum absolute atomic E-state index is 12.2. The van der Waals surface area contributed by atoms with Crippen LogP contribution in [0.4, 0.5) is 5.13 Å². The molecule has 1 aromatic heterocycles. The number of hydrogen-bond acceptors (Lipinski definition) is 5. The van der Waals surface area contributed by atoms with Crippen LogP contribution in [0.15, 0.2) is 53.9 Å². The number of anilines is 1. The van der Waals surface area contributed by atoms with E-state index in [4.69, 9.17) is 4.74 Å². The highest BCUT2D eigenvalue weighted by Crippen LogP contribution is 2.22. The third-order valence-electron chi connectivity index (χ3n) is 4.85. The van der Waals surface area contributed by atoms with Gasteiger partial charge in [0.1, 0.15) is 5.75 Å². The number of benzene rings is 2. The molecule has 0 unspecified atom stereocenters. The maximum Gasteiger partial charge on any atom is 0.264 e. The van der Waals surface area contributed by atoms with E-state index in [1.54, 1.807) is 0 Å². The van der Waals surface area contributed by atoms with Gasteiger partial charge in [-0.3, -0.25) is 15.0 Å². The zero-order valence-electron chi connectivity index (χ0n) is 15.9. The molecule has 1 aliphatic heterocycles. The van der Waals surface area contributed by atoms with Crippen LogP contribution in [0, 0.1) is 6.92 Å². The van der Waals surface area contributed by atoms with Crippen LogP contribution in [0.2, 0.25) is 0 Å². The molecule has 6 heteroatoms. The number of nitrogens with one attached hydrogen (secondary N) is 1. The van der Waals surface area contributed by atoms with Crippen LogP contribution in [0.3, 0.4) is 0 Å². The summed E-state index contributed by atoms with van der Waals surface area (Å²) in [4.78, 5) is 19.1. The average Bonchev–Trinajstić information content (AvgIpc) is 3.14. The molecule has 1 N–H and O–H groups in total. The van der Waals surface area contributed by atoms with Crippen molar-refractivity contribution in [3.63, 3.8) is 0 Å². The molecule has 0 spiro atoms. The second-order valence-corrected chi connectivity index (χ2v) is 7.83. The third kappa shape index (κ3) is 4.58. The van der Waals surface area contributed by atoms with E-state index in [1.165, 1.54) is 22.5 Å². The van der Waals surface area contributed by atoms with E-state index in [-0.39, 0.29) is 12.5 Å². The number of thiazole rings is 1. The first-order chi connectivity index (χ1) is 13.7. The summed E-state index contributed by atoms with van der Waals surface area (Å²) < 4.78 is 5.59. The summed E-state index contributed by atoms with van der Waals surface area (Å²) in [6.07, 6.45) is 1.07. The van der Waals surface area contributed by atoms with Crippen LogP contribution in [-0.2, 0) is 24.3 Å². The number of hydrogen-bond donors (Lipinski definition) is 1. The molecule has 0 atom stereocenters. The Bertz CT molecular complexity index is 970. The standard InChI is InChI=1S/C22H23N3O2S/c1-16-6-2-5-9-20(16)27-14-21(26)24-22-23-19(15-28-22)13-25-11-10-17-7-3-4-8-18(17)12-25/h2-9,15H,10-14H2,1H3,(H,23,24,26). The van der Waals surface area contributed by atoms with Crippen LogP contribution in [0.1, 0.15) is 22.4 Å². The highest BCUT2D eigenvalue weighted by molar-refractivity contribution is 7.13. The zero-order chi connectivity index (χ0) is 19.3. The summed E-state index contributed by atoms with van der Waals surface area (Å²) >= 11 is 1.45. The number of nitrogens with zero attached hydrogens (tertiary/aromatic N) is 2. The number of ether oxygens (including phenoxy) is 1. The molecule has 0 radical (unpaired) electrons. The Morgan fingerprint density at radius 3 is 2.82 bits per heavy atom. The van der Waals surface area contributed by atoms with E-state index in [0.29, 0.717) is 5.13 Å². The monoisotopic (exact) mass is 393 g/mol. The van der Waals surface area contributed by atoms with Crippen molar-refractivity contribution in [3.05, 3.63) is 76.3 Å². The second kappa shape index (κ2) is 8.54. The van der Waals surface area contributed by atoms with Crippen molar-refractivity contribution in [2.24, 2.45) is 0 Å². The Balaban J connectivity index is 1.29. The van der Waals surface area contributed by atoms with E-state index in [0.717, 1.165) is 43.1 Å². The summed E-state index contributed by atoms with van der Waals surface area (Å²) in [5.41, 5.74) is 4.83. The Labute approximate surface area is 169 Å². The van der Waals surface area contributed by atoms with Crippen LogP contribution in [-0.4, -0.2) is 28.9 Å². The summed E-state index contributed by atoms with van der Waals surface area (Å²) in [5, 5.41) is 5.46. The second-order valence-electron chi connectivity index (χ2n) is 6.98. The predicted molar refractivity (Wildman–Crippen MR) is 112 cm³/mol. The number of amides is 1. The number of para-hydroxylation sites is 1. The molecule has 0 fully saturated rings. The van der Waals surface area contributed by atoms with Gasteiger partial charge in [0, 0.05) is 25.0 Å². The van der Waals surface area contributed by atoms with E-state index in [2.05, 4.69) is 39.5 Å². The largest absolute Gasteiger partial charge is 0.483 e. The highest BCUT2D eigenvalue weighted by atomic mass is 32.1. The minimum Gasteiger partial charge on any atom is -0.483 e. The highest BCUT2D eigenvalue weighted by Gasteiger charge is 2.17. The fourth-order valence-corrected chi connectivity index (χ4v) is 4.09. The van der Waals surface area contributed by atoms with Gasteiger partial charge >= 0.3 is 0 Å². The molecule has 3 aromatic rings. The van der Waals surface area contributed by atoms with E-state index in [1.807, 2.05) is 36.6 Å². The normalized spacial score (nSPS) is 13.8. The molecule has 4 rings (SSSR count). The Kier molecular flexibility index (Phi) is 5.69. The first-order valence-electron chi connectivity index (χ1n) is 9.39. The Morgan fingerprint density at radius 2 is 1.96 bits per heavy atom. The minimum atomic E-state index is -0.198. The fraction of sp³-hybridized carbons (Fsp3) is 0.273. The Hall–Kier alpha value is -2.70. The third-order valence-corrected chi connectivity index (χ3v) is 5.65. The lowest BCUT2D eigenvalue weighted by Crippen LogP contribution is -2.30. The summed E-state index contributed by atoms with van der Waals surface area (Å²) in [6, 6.07) is 16.3. The van der Waals surface area contributed by atoms with E-state index >= 15 is 0 Å². The lowest BCUT2D eigenvalue weighted by Gasteiger charge is -2.27. The van der Waals surface area contributed by atoms with Gasteiger partial charge in [0.15, 0.2) is 11.7 Å². The van der Waals surface area contributed by atoms with Gasteiger partial charge in [0.25, 0.3) is 5.91 Å². The van der Waals surface area contributed by atoms with Crippen LogP contribution < -0.4 is 10.1 Å². The molecule has 1 aliphatic rings. The first kappa shape index (κ1) is 18.7. The van der Waals surface area contributed by atoms with Gasteiger partial charge < -0.3 is 4.74 Å². The van der Waals surface area contributed by atoms with Gasteiger partial charge in [-0.05, 0) is 36.1 Å². The fourth-order valence-electron chi connectivity index (χ4n) is 3.37. The number of aromatic nitrogens is 1. The van der Waals surface area contributed by atoms with Crippen molar-refractivity contribution in [2.45, 2.75) is 26.4 Å². The number of carbonyl (C=O) groups excluding carboxylic acids is 1. The van der Waals surface area contributed by atoms with Crippen LogP contribution in [0.25, 0.3) is 0 Å². The van der Waals surface area contributed by atoms with Gasteiger partial charge in [-0.15, -0.1) is 11.3 Å². The van der Waals surface area contributed by atoms with Gasteiger partial charge in [-0.25, -0.2) is 4.98 Å². The van der Waals surface area contributed by atoms with E-state index < -0.39 is 0 Å². The maximum atomic E-state index is 12.2. The molecule has 1 amide bonds. The smallest absolute Gasteiger partial charge is 0.264 e. The zero-order valence-corrected chi connectivity index (χ0v) is 16.7. The topological polar surface area (TPSA) is 54.5 Å². The van der Waals surface area contributed by atoms with E-state index in [9.17, 15) is 4.79 Å². The van der Waals surface area contributed by atoms with Gasteiger partial charge in [0.2, 0.25) is 0 Å². The van der Waals surface area contributed by atoms with Crippen molar-refractivity contribution < 1.29 is 9.53 Å². The van der Waals surface area contributed by atoms with Crippen LogP contribution >= 0.6 is 11.3 Å². The predicted octanol–water partition coefficient (Wildman–Crippen LogP) is 4.03. The molecule has 0 aliphatic carbocycles. The van der Waals surface area contributed by atoms with Crippen molar-refractivity contribution in [1.82, 2.24) is 9.88 Å². The molecule has 2 heterocycles. The average molecular weight is 394 g/mol. The number of aryl methyl sites for hydroxylation is 1. The molecular formula is C22H23N3O2S. The number of fused-ring (bicyclic) bond motifs is 1. The first-order valence-corrected chi connectivity index (χ1v) is 10.3. The molecule has 0 bridgehead atoms. The lowest BCUT2D eigenvalue weighted by molar-refractivity contribution is -0.118.